The van der Waals surface area contributed by atoms with Crippen molar-refractivity contribution in [3.05, 3.63) is 111 Å². The van der Waals surface area contributed by atoms with Crippen LogP contribution >= 0.6 is 0 Å². The van der Waals surface area contributed by atoms with Gasteiger partial charge >= 0.3 is 11.3 Å². The molecule has 0 spiro atoms. The fourth-order valence-electron chi connectivity index (χ4n) is 3.75. The van der Waals surface area contributed by atoms with Crippen LogP contribution in [0.25, 0.3) is 39.1 Å². The zero-order valence-corrected chi connectivity index (χ0v) is 18.3. The maximum absolute atomic E-state index is 12.9. The zero-order valence-electron chi connectivity index (χ0n) is 18.3. The van der Waals surface area contributed by atoms with Gasteiger partial charge in [-0.25, -0.2) is 9.59 Å². The highest BCUT2D eigenvalue weighted by atomic mass is 16.5. The molecule has 0 aliphatic carbocycles. The summed E-state index contributed by atoms with van der Waals surface area (Å²) in [5, 5.41) is 1.31. The third-order valence-electron chi connectivity index (χ3n) is 5.41. The van der Waals surface area contributed by atoms with Crippen molar-refractivity contribution >= 4 is 28.0 Å². The number of methoxy groups -OCH3 is 1. The van der Waals surface area contributed by atoms with E-state index in [2.05, 4.69) is 0 Å². The van der Waals surface area contributed by atoms with E-state index in [0.717, 1.165) is 5.56 Å². The van der Waals surface area contributed by atoms with Gasteiger partial charge in [-0.1, -0.05) is 36.4 Å². The predicted octanol–water partition coefficient (Wildman–Crippen LogP) is 5.67. The SMILES string of the molecule is COc1ccc2c(-c3cc4ccc(OC/C=C/c5ccccc5)cc4oc3=O)cc(=O)oc2c1. The van der Waals surface area contributed by atoms with Crippen LogP contribution in [0.1, 0.15) is 5.56 Å². The minimum absolute atomic E-state index is 0.273. The van der Waals surface area contributed by atoms with E-state index in [1.165, 1.54) is 13.2 Å². The Morgan fingerprint density at radius 2 is 1.59 bits per heavy atom. The first-order chi connectivity index (χ1) is 16.6. The van der Waals surface area contributed by atoms with Crippen molar-refractivity contribution in [3.63, 3.8) is 0 Å². The van der Waals surface area contributed by atoms with E-state index in [4.69, 9.17) is 18.3 Å². The molecule has 0 aliphatic heterocycles. The van der Waals surface area contributed by atoms with E-state index < -0.39 is 11.3 Å². The van der Waals surface area contributed by atoms with Gasteiger partial charge in [-0.05, 0) is 42.0 Å². The molecule has 0 bridgehead atoms. The summed E-state index contributed by atoms with van der Waals surface area (Å²) in [7, 11) is 1.53. The lowest BCUT2D eigenvalue weighted by Gasteiger charge is -2.08. The highest BCUT2D eigenvalue weighted by Gasteiger charge is 2.14. The van der Waals surface area contributed by atoms with Crippen LogP contribution in [0.2, 0.25) is 0 Å². The van der Waals surface area contributed by atoms with Crippen LogP contribution in [0, 0.1) is 0 Å². The summed E-state index contributed by atoms with van der Waals surface area (Å²) in [6.45, 7) is 0.373. The lowest BCUT2D eigenvalue weighted by atomic mass is 10.0. The Labute approximate surface area is 194 Å². The van der Waals surface area contributed by atoms with E-state index in [0.29, 0.717) is 45.6 Å². The van der Waals surface area contributed by atoms with E-state index in [1.54, 1.807) is 30.3 Å². The molecule has 0 aliphatic rings. The summed E-state index contributed by atoms with van der Waals surface area (Å²) in [6.07, 6.45) is 3.89. The Kier molecular flexibility index (Phi) is 5.70. The van der Waals surface area contributed by atoms with E-state index >= 15 is 0 Å². The average molecular weight is 452 g/mol. The minimum atomic E-state index is -0.567. The number of benzene rings is 3. The molecular formula is C28H20O6. The van der Waals surface area contributed by atoms with Crippen molar-refractivity contribution < 1.29 is 18.3 Å². The summed E-state index contributed by atoms with van der Waals surface area (Å²) < 4.78 is 21.9. The van der Waals surface area contributed by atoms with Gasteiger partial charge in [-0.3, -0.25) is 0 Å². The number of rotatable bonds is 6. The van der Waals surface area contributed by atoms with Gasteiger partial charge in [0.25, 0.3) is 0 Å². The maximum atomic E-state index is 12.9. The van der Waals surface area contributed by atoms with E-state index in [-0.39, 0.29) is 5.56 Å². The summed E-state index contributed by atoms with van der Waals surface area (Å²) >= 11 is 0. The maximum Gasteiger partial charge on any atom is 0.344 e. The highest BCUT2D eigenvalue weighted by Crippen LogP contribution is 2.30. The van der Waals surface area contributed by atoms with Crippen LogP contribution in [0.3, 0.4) is 0 Å². The Bertz CT molecular complexity index is 1630. The van der Waals surface area contributed by atoms with E-state index in [1.807, 2.05) is 54.6 Å². The van der Waals surface area contributed by atoms with Gasteiger partial charge < -0.3 is 18.3 Å². The first-order valence-electron chi connectivity index (χ1n) is 10.7. The molecule has 0 fully saturated rings. The molecule has 6 heteroatoms. The molecule has 0 unspecified atom stereocenters. The first-order valence-corrected chi connectivity index (χ1v) is 10.7. The highest BCUT2D eigenvalue weighted by molar-refractivity contribution is 5.95. The molecule has 0 amide bonds. The summed E-state index contributed by atoms with van der Waals surface area (Å²) in [6, 6.07) is 23.3. The second-order valence-electron chi connectivity index (χ2n) is 7.61. The third kappa shape index (κ3) is 4.34. The zero-order chi connectivity index (χ0) is 23.5. The smallest absolute Gasteiger partial charge is 0.344 e. The molecule has 5 rings (SSSR count). The Hall–Kier alpha value is -4.58. The fourth-order valence-corrected chi connectivity index (χ4v) is 3.75. The molecular weight excluding hydrogens is 432 g/mol. The van der Waals surface area contributed by atoms with Crippen molar-refractivity contribution in [1.82, 2.24) is 0 Å². The van der Waals surface area contributed by atoms with Crippen molar-refractivity contribution in [3.8, 4) is 22.6 Å². The third-order valence-corrected chi connectivity index (χ3v) is 5.41. The summed E-state index contributed by atoms with van der Waals surface area (Å²) in [4.78, 5) is 25.0. The molecule has 0 atom stereocenters. The minimum Gasteiger partial charge on any atom is -0.497 e. The Balaban J connectivity index is 1.46. The van der Waals surface area contributed by atoms with Crippen LogP contribution in [0.15, 0.2) is 103 Å². The monoisotopic (exact) mass is 452 g/mol. The number of fused-ring (bicyclic) bond motifs is 2. The molecule has 0 radical (unpaired) electrons. The predicted molar refractivity (Wildman–Crippen MR) is 131 cm³/mol. The summed E-state index contributed by atoms with van der Waals surface area (Å²) in [5.74, 6) is 1.13. The van der Waals surface area contributed by atoms with E-state index in [9.17, 15) is 9.59 Å². The molecule has 0 N–H and O–H groups in total. The van der Waals surface area contributed by atoms with Gasteiger partial charge in [-0.15, -0.1) is 0 Å². The van der Waals surface area contributed by atoms with Crippen LogP contribution in [-0.2, 0) is 0 Å². The molecule has 6 nitrogen and oxygen atoms in total. The van der Waals surface area contributed by atoms with Gasteiger partial charge in [0.05, 0.1) is 12.7 Å². The molecule has 5 aromatic rings. The molecule has 3 aromatic carbocycles. The second kappa shape index (κ2) is 9.11. The van der Waals surface area contributed by atoms with Crippen molar-refractivity contribution in [2.24, 2.45) is 0 Å². The van der Waals surface area contributed by atoms with Crippen LogP contribution in [0.4, 0.5) is 0 Å². The standard InChI is InChI=1S/C28H20O6/c1-31-20-11-12-22-23(17-27(29)33-26(22)15-20)24-14-19-9-10-21(16-25(19)34-28(24)30)32-13-5-8-18-6-3-2-4-7-18/h2-12,14-17H,13H2,1H3/b8-5+. The number of hydrogen-bond acceptors (Lipinski definition) is 6. The fraction of sp³-hybridized carbons (Fsp3) is 0.0714. The number of ether oxygens (including phenoxy) is 2. The van der Waals surface area contributed by atoms with Crippen molar-refractivity contribution in [2.75, 3.05) is 13.7 Å². The topological polar surface area (TPSA) is 78.9 Å². The first kappa shape index (κ1) is 21.3. The lowest BCUT2D eigenvalue weighted by molar-refractivity contribution is 0.363. The Morgan fingerprint density at radius 1 is 0.794 bits per heavy atom. The van der Waals surface area contributed by atoms with Crippen LogP contribution < -0.4 is 20.7 Å². The molecule has 2 aromatic heterocycles. The normalized spacial score (nSPS) is 11.3. The van der Waals surface area contributed by atoms with Gasteiger partial charge in [0, 0.05) is 34.5 Å². The molecule has 168 valence electrons. The van der Waals surface area contributed by atoms with Gasteiger partial charge in [-0.2, -0.15) is 0 Å². The van der Waals surface area contributed by atoms with Crippen LogP contribution in [-0.4, -0.2) is 13.7 Å². The van der Waals surface area contributed by atoms with Gasteiger partial charge in [0.1, 0.15) is 29.3 Å². The van der Waals surface area contributed by atoms with Crippen molar-refractivity contribution in [1.29, 1.82) is 0 Å². The lowest BCUT2D eigenvalue weighted by Crippen LogP contribution is -2.06. The Morgan fingerprint density at radius 3 is 2.41 bits per heavy atom. The number of hydrogen-bond donors (Lipinski definition) is 0. The van der Waals surface area contributed by atoms with Gasteiger partial charge in [0.2, 0.25) is 0 Å². The molecule has 0 saturated heterocycles. The summed E-state index contributed by atoms with van der Waals surface area (Å²) in [5.41, 5.74) is 1.40. The average Bonchev–Trinajstić information content (AvgIpc) is 2.86. The van der Waals surface area contributed by atoms with Crippen molar-refractivity contribution in [2.45, 2.75) is 0 Å². The van der Waals surface area contributed by atoms with Gasteiger partial charge in [0.15, 0.2) is 0 Å². The largest absolute Gasteiger partial charge is 0.497 e. The molecule has 2 heterocycles. The molecule has 34 heavy (non-hydrogen) atoms. The molecule has 0 saturated carbocycles. The second-order valence-corrected chi connectivity index (χ2v) is 7.61. The quantitative estimate of drug-likeness (QED) is 0.309. The van der Waals surface area contributed by atoms with Crippen LogP contribution in [0.5, 0.6) is 11.5 Å².